The fourth-order valence-corrected chi connectivity index (χ4v) is 3.65. The highest BCUT2D eigenvalue weighted by Gasteiger charge is 2.31. The lowest BCUT2D eigenvalue weighted by atomic mass is 10.1. The Balaban J connectivity index is 1.44. The number of aryl methyl sites for hydroxylation is 2. The minimum absolute atomic E-state index is 0.0354. The van der Waals surface area contributed by atoms with Gasteiger partial charge in [-0.05, 0) is 44.5 Å². The van der Waals surface area contributed by atoms with Gasteiger partial charge in [0.25, 0.3) is 11.8 Å². The fraction of sp³-hybridized carbons (Fsp3) is 0.286. The van der Waals surface area contributed by atoms with Crippen LogP contribution in [0.2, 0.25) is 5.02 Å². The molecule has 1 fully saturated rings. The number of aromatic amines is 1. The van der Waals surface area contributed by atoms with Crippen molar-refractivity contribution >= 4 is 29.1 Å². The number of nitrogens with one attached hydrogen (secondary N) is 2. The molecule has 1 aromatic carbocycles. The Morgan fingerprint density at radius 1 is 1.17 bits per heavy atom. The molecule has 154 valence electrons. The van der Waals surface area contributed by atoms with Crippen LogP contribution in [0.15, 0.2) is 36.7 Å². The van der Waals surface area contributed by atoms with E-state index in [-0.39, 0.29) is 17.7 Å². The summed E-state index contributed by atoms with van der Waals surface area (Å²) in [5.41, 5.74) is 3.00. The molecule has 3 aromatic rings. The van der Waals surface area contributed by atoms with Crippen molar-refractivity contribution in [1.82, 2.24) is 25.1 Å². The topological polar surface area (TPSA) is 104 Å². The first-order valence-corrected chi connectivity index (χ1v) is 10.00. The van der Waals surface area contributed by atoms with Crippen LogP contribution in [0.1, 0.15) is 50.3 Å². The van der Waals surface area contributed by atoms with Gasteiger partial charge in [0.15, 0.2) is 0 Å². The number of carbonyl (C=O) groups is 2. The van der Waals surface area contributed by atoms with Gasteiger partial charge in [-0.3, -0.25) is 14.7 Å². The van der Waals surface area contributed by atoms with Crippen molar-refractivity contribution in [3.8, 4) is 0 Å². The summed E-state index contributed by atoms with van der Waals surface area (Å²) >= 11 is 5.87. The zero-order chi connectivity index (χ0) is 21.3. The summed E-state index contributed by atoms with van der Waals surface area (Å²) in [5, 5.41) is 10.1. The van der Waals surface area contributed by atoms with Crippen LogP contribution in [0.4, 0.5) is 5.69 Å². The molecule has 1 atom stereocenters. The number of aromatic nitrogens is 4. The van der Waals surface area contributed by atoms with E-state index in [4.69, 9.17) is 11.6 Å². The highest BCUT2D eigenvalue weighted by molar-refractivity contribution is 6.30. The Labute approximate surface area is 178 Å². The van der Waals surface area contributed by atoms with E-state index in [0.717, 1.165) is 12.1 Å². The second-order valence-electron chi connectivity index (χ2n) is 7.33. The highest BCUT2D eigenvalue weighted by Crippen LogP contribution is 2.27. The molecule has 1 saturated heterocycles. The molecular weight excluding hydrogens is 404 g/mol. The van der Waals surface area contributed by atoms with E-state index in [1.807, 2.05) is 6.92 Å². The van der Waals surface area contributed by atoms with Crippen molar-refractivity contribution in [3.63, 3.8) is 0 Å². The smallest absolute Gasteiger partial charge is 0.259 e. The Kier molecular flexibility index (Phi) is 5.50. The van der Waals surface area contributed by atoms with Gasteiger partial charge in [-0.2, -0.15) is 5.10 Å². The van der Waals surface area contributed by atoms with Crippen LogP contribution in [0.25, 0.3) is 0 Å². The van der Waals surface area contributed by atoms with E-state index in [1.165, 1.54) is 0 Å². The maximum atomic E-state index is 12.7. The van der Waals surface area contributed by atoms with Gasteiger partial charge in [0.05, 0.1) is 23.0 Å². The molecule has 0 unspecified atom stereocenters. The number of halogens is 1. The molecule has 2 N–H and O–H groups in total. The first-order valence-electron chi connectivity index (χ1n) is 9.62. The normalized spacial score (nSPS) is 16.0. The quantitative estimate of drug-likeness (QED) is 0.668. The molecule has 0 saturated carbocycles. The molecule has 1 aliphatic rings. The van der Waals surface area contributed by atoms with Gasteiger partial charge < -0.3 is 10.2 Å². The monoisotopic (exact) mass is 424 g/mol. The number of likely N-dealkylation sites (tertiary alicyclic amines) is 1. The number of anilines is 1. The van der Waals surface area contributed by atoms with E-state index in [2.05, 4.69) is 25.5 Å². The summed E-state index contributed by atoms with van der Waals surface area (Å²) in [7, 11) is 0. The molecule has 2 aromatic heterocycles. The van der Waals surface area contributed by atoms with Crippen molar-refractivity contribution < 1.29 is 9.59 Å². The molecule has 0 spiro atoms. The van der Waals surface area contributed by atoms with Crippen LogP contribution >= 0.6 is 11.6 Å². The summed E-state index contributed by atoms with van der Waals surface area (Å²) in [4.78, 5) is 36.0. The van der Waals surface area contributed by atoms with E-state index in [9.17, 15) is 9.59 Å². The first kappa shape index (κ1) is 20.0. The number of hydrogen-bond acceptors (Lipinski definition) is 5. The first-order chi connectivity index (χ1) is 14.4. The molecule has 0 radical (unpaired) electrons. The van der Waals surface area contributed by atoms with E-state index in [0.29, 0.717) is 46.4 Å². The van der Waals surface area contributed by atoms with E-state index >= 15 is 0 Å². The summed E-state index contributed by atoms with van der Waals surface area (Å²) in [6, 6.07) is 6.89. The molecule has 0 bridgehead atoms. The minimum atomic E-state index is -0.278. The number of carbonyl (C=O) groups excluding carboxylic acids is 2. The van der Waals surface area contributed by atoms with Crippen molar-refractivity contribution in [2.75, 3.05) is 18.4 Å². The van der Waals surface area contributed by atoms with Crippen LogP contribution < -0.4 is 5.32 Å². The third-order valence-electron chi connectivity index (χ3n) is 5.25. The minimum Gasteiger partial charge on any atom is -0.338 e. The lowest BCUT2D eigenvalue weighted by molar-refractivity contribution is 0.0789. The maximum Gasteiger partial charge on any atom is 0.259 e. The highest BCUT2D eigenvalue weighted by atomic mass is 35.5. The second-order valence-corrected chi connectivity index (χ2v) is 7.77. The average molecular weight is 425 g/mol. The van der Waals surface area contributed by atoms with Crippen LogP contribution in [-0.4, -0.2) is 50.0 Å². The van der Waals surface area contributed by atoms with Crippen LogP contribution in [0.5, 0.6) is 0 Å². The van der Waals surface area contributed by atoms with Gasteiger partial charge in [-0.15, -0.1) is 0 Å². The van der Waals surface area contributed by atoms with Crippen LogP contribution in [0.3, 0.4) is 0 Å². The van der Waals surface area contributed by atoms with Gasteiger partial charge >= 0.3 is 0 Å². The van der Waals surface area contributed by atoms with Crippen LogP contribution in [-0.2, 0) is 0 Å². The standard InChI is InChI=1S/C21H21ClN6O2/c1-12-17(20(29)26-16-5-3-15(22)4-6-16)9-23-19(25-12)14-7-8-28(11-14)21(30)18-10-24-27-13(18)2/h3-6,9-10,14H,7-8,11H2,1-2H3,(H,24,27)(H,26,29)/t14-/m1/s1. The number of benzene rings is 1. The summed E-state index contributed by atoms with van der Waals surface area (Å²) in [6.07, 6.45) is 3.88. The number of H-pyrrole nitrogens is 1. The molecule has 2 amide bonds. The van der Waals surface area contributed by atoms with Crippen molar-refractivity contribution in [2.45, 2.75) is 26.2 Å². The third-order valence-corrected chi connectivity index (χ3v) is 5.50. The Bertz CT molecular complexity index is 1100. The Hall–Kier alpha value is -3.26. The van der Waals surface area contributed by atoms with Crippen LogP contribution in [0, 0.1) is 13.8 Å². The molecule has 8 nitrogen and oxygen atoms in total. The predicted octanol–water partition coefficient (Wildman–Crippen LogP) is 3.35. The SMILES string of the molecule is Cc1nc([C@@H]2CCN(C(=O)c3cn[nH]c3C)C2)ncc1C(=O)Nc1ccc(Cl)cc1. The summed E-state index contributed by atoms with van der Waals surface area (Å²) in [5.74, 6) is 0.363. The number of nitrogens with zero attached hydrogens (tertiary/aromatic N) is 4. The summed E-state index contributed by atoms with van der Waals surface area (Å²) < 4.78 is 0. The zero-order valence-electron chi connectivity index (χ0n) is 16.6. The predicted molar refractivity (Wildman–Crippen MR) is 113 cm³/mol. The second kappa shape index (κ2) is 8.23. The fourth-order valence-electron chi connectivity index (χ4n) is 3.53. The molecule has 3 heterocycles. The van der Waals surface area contributed by atoms with Gasteiger partial charge in [0.1, 0.15) is 5.82 Å². The molecule has 0 aliphatic carbocycles. The molecule has 1 aliphatic heterocycles. The van der Waals surface area contributed by atoms with Gasteiger partial charge in [0, 0.05) is 41.6 Å². The largest absolute Gasteiger partial charge is 0.338 e. The van der Waals surface area contributed by atoms with Gasteiger partial charge in [-0.25, -0.2) is 9.97 Å². The van der Waals surface area contributed by atoms with Crippen molar-refractivity contribution in [1.29, 1.82) is 0 Å². The molecular formula is C21H21ClN6O2. The Morgan fingerprint density at radius 2 is 1.93 bits per heavy atom. The molecule has 9 heteroatoms. The lowest BCUT2D eigenvalue weighted by Crippen LogP contribution is -2.29. The van der Waals surface area contributed by atoms with Crippen molar-refractivity contribution in [3.05, 3.63) is 70.0 Å². The lowest BCUT2D eigenvalue weighted by Gasteiger charge is -2.16. The number of amides is 2. The van der Waals surface area contributed by atoms with Gasteiger partial charge in [-0.1, -0.05) is 11.6 Å². The third kappa shape index (κ3) is 4.04. The zero-order valence-corrected chi connectivity index (χ0v) is 17.4. The average Bonchev–Trinajstić information content (AvgIpc) is 3.38. The van der Waals surface area contributed by atoms with E-state index < -0.39 is 0 Å². The number of hydrogen-bond donors (Lipinski definition) is 2. The van der Waals surface area contributed by atoms with Gasteiger partial charge in [0.2, 0.25) is 0 Å². The number of rotatable bonds is 4. The van der Waals surface area contributed by atoms with E-state index in [1.54, 1.807) is 48.5 Å². The maximum absolute atomic E-state index is 12.7. The molecule has 4 rings (SSSR count). The Morgan fingerprint density at radius 3 is 2.60 bits per heavy atom. The molecule has 30 heavy (non-hydrogen) atoms. The summed E-state index contributed by atoms with van der Waals surface area (Å²) in [6.45, 7) is 4.79. The van der Waals surface area contributed by atoms with Crippen molar-refractivity contribution in [2.24, 2.45) is 0 Å².